The number of carbonyl (C=O) groups is 1. The van der Waals surface area contributed by atoms with Crippen molar-refractivity contribution in [2.75, 3.05) is 19.6 Å². The van der Waals surface area contributed by atoms with Crippen molar-refractivity contribution in [2.45, 2.75) is 26.8 Å². The molecule has 0 bridgehead atoms. The Morgan fingerprint density at radius 1 is 1.23 bits per heavy atom. The van der Waals surface area contributed by atoms with Gasteiger partial charge in [-0.1, -0.05) is 18.2 Å². The Morgan fingerprint density at radius 3 is 2.64 bits per heavy atom. The van der Waals surface area contributed by atoms with Gasteiger partial charge in [-0.25, -0.2) is 0 Å². The van der Waals surface area contributed by atoms with Crippen molar-refractivity contribution in [3.63, 3.8) is 0 Å². The monoisotopic (exact) mass is 297 g/mol. The topological polar surface area (TPSA) is 37.3 Å². The fraction of sp³-hybridized carbons (Fsp3) is 0.389. The van der Waals surface area contributed by atoms with Crippen molar-refractivity contribution in [1.29, 1.82) is 0 Å². The molecular formula is C18H23N3O. The number of nitrogens with zero attached hydrogens (tertiary/aromatic N) is 2. The normalized spacial score (nSPS) is 18.5. The maximum absolute atomic E-state index is 12.9. The average Bonchev–Trinajstić information content (AvgIpc) is 2.83. The second kappa shape index (κ2) is 5.97. The molecule has 1 unspecified atom stereocenters. The molecule has 0 saturated carbocycles. The minimum absolute atomic E-state index is 0.143. The van der Waals surface area contributed by atoms with Crippen molar-refractivity contribution in [2.24, 2.45) is 0 Å². The first-order valence-corrected chi connectivity index (χ1v) is 7.85. The summed E-state index contributed by atoms with van der Waals surface area (Å²) in [5.41, 5.74) is 4.02. The molecule has 3 rings (SSSR count). The van der Waals surface area contributed by atoms with E-state index in [1.165, 1.54) is 0 Å². The van der Waals surface area contributed by atoms with E-state index in [9.17, 15) is 4.79 Å². The predicted molar refractivity (Wildman–Crippen MR) is 88.6 cm³/mol. The lowest BCUT2D eigenvalue weighted by atomic mass is 10.1. The van der Waals surface area contributed by atoms with Gasteiger partial charge in [0, 0.05) is 42.8 Å². The van der Waals surface area contributed by atoms with Gasteiger partial charge >= 0.3 is 0 Å². The molecule has 1 aliphatic heterocycles. The van der Waals surface area contributed by atoms with Crippen LogP contribution in [0, 0.1) is 13.8 Å². The number of aromatic nitrogens is 1. The summed E-state index contributed by atoms with van der Waals surface area (Å²) in [7, 11) is 0. The highest BCUT2D eigenvalue weighted by molar-refractivity contribution is 5.96. The third-order valence-electron chi connectivity index (χ3n) is 4.44. The lowest BCUT2D eigenvalue weighted by molar-refractivity contribution is 0.0655. The predicted octanol–water partition coefficient (Wildman–Crippen LogP) is 2.53. The summed E-state index contributed by atoms with van der Waals surface area (Å²) >= 11 is 0. The van der Waals surface area contributed by atoms with Crippen molar-refractivity contribution in [3.05, 3.63) is 53.3 Å². The number of rotatable bonds is 2. The maximum atomic E-state index is 12.9. The van der Waals surface area contributed by atoms with Crippen LogP contribution in [-0.2, 0) is 0 Å². The highest BCUT2D eigenvalue weighted by Gasteiger charge is 2.27. The standard InChI is InChI=1S/C18H23N3O/c1-13-11-17(18(22)20-10-9-19-12-14(20)2)15(3)21(13)16-7-5-4-6-8-16/h4-8,11,14,19H,9-10,12H2,1-3H3. The van der Waals surface area contributed by atoms with Crippen molar-refractivity contribution in [1.82, 2.24) is 14.8 Å². The first-order valence-electron chi connectivity index (χ1n) is 7.85. The first-order chi connectivity index (χ1) is 10.6. The molecule has 1 N–H and O–H groups in total. The quantitative estimate of drug-likeness (QED) is 0.925. The molecule has 22 heavy (non-hydrogen) atoms. The van der Waals surface area contributed by atoms with Crippen LogP contribution in [0.1, 0.15) is 28.7 Å². The number of nitrogens with one attached hydrogen (secondary N) is 1. The van der Waals surface area contributed by atoms with E-state index in [1.54, 1.807) is 0 Å². The Bertz CT molecular complexity index is 675. The number of aryl methyl sites for hydroxylation is 1. The Kier molecular flexibility index (Phi) is 4.03. The van der Waals surface area contributed by atoms with E-state index in [0.29, 0.717) is 0 Å². The molecule has 1 aromatic heterocycles. The number of benzene rings is 1. The molecule has 1 aromatic carbocycles. The minimum Gasteiger partial charge on any atom is -0.333 e. The van der Waals surface area contributed by atoms with E-state index < -0.39 is 0 Å². The molecule has 2 aromatic rings. The number of piperazine rings is 1. The number of hydrogen-bond donors (Lipinski definition) is 1. The van der Waals surface area contributed by atoms with Gasteiger partial charge < -0.3 is 14.8 Å². The summed E-state index contributed by atoms with van der Waals surface area (Å²) in [5.74, 6) is 0.143. The summed E-state index contributed by atoms with van der Waals surface area (Å²) in [5, 5.41) is 3.33. The van der Waals surface area contributed by atoms with E-state index in [2.05, 4.69) is 35.9 Å². The fourth-order valence-electron chi connectivity index (χ4n) is 3.25. The Hall–Kier alpha value is -2.07. The number of para-hydroxylation sites is 1. The summed E-state index contributed by atoms with van der Waals surface area (Å²) in [6.07, 6.45) is 0. The average molecular weight is 297 g/mol. The van der Waals surface area contributed by atoms with Crippen molar-refractivity contribution in [3.8, 4) is 5.69 Å². The van der Waals surface area contributed by atoms with Gasteiger partial charge in [0.05, 0.1) is 5.56 Å². The zero-order chi connectivity index (χ0) is 15.7. The minimum atomic E-state index is 0.143. The molecule has 0 radical (unpaired) electrons. The highest BCUT2D eigenvalue weighted by atomic mass is 16.2. The third-order valence-corrected chi connectivity index (χ3v) is 4.44. The molecule has 1 fully saturated rings. The molecule has 4 nitrogen and oxygen atoms in total. The van der Waals surface area contributed by atoms with E-state index in [-0.39, 0.29) is 11.9 Å². The molecule has 4 heteroatoms. The molecule has 2 heterocycles. The van der Waals surface area contributed by atoms with E-state index in [0.717, 1.165) is 42.3 Å². The van der Waals surface area contributed by atoms with E-state index in [4.69, 9.17) is 0 Å². The lowest BCUT2D eigenvalue weighted by Gasteiger charge is -2.34. The van der Waals surface area contributed by atoms with Crippen LogP contribution in [0.4, 0.5) is 0 Å². The second-order valence-electron chi connectivity index (χ2n) is 6.01. The van der Waals surface area contributed by atoms with Crippen LogP contribution in [0.2, 0.25) is 0 Å². The Labute approximate surface area is 131 Å². The molecule has 1 aliphatic rings. The molecule has 1 amide bonds. The summed E-state index contributed by atoms with van der Waals surface area (Å²) in [6, 6.07) is 12.4. The first kappa shape index (κ1) is 14.9. The number of hydrogen-bond acceptors (Lipinski definition) is 2. The van der Waals surface area contributed by atoms with Crippen LogP contribution in [0.15, 0.2) is 36.4 Å². The zero-order valence-corrected chi connectivity index (χ0v) is 13.5. The van der Waals surface area contributed by atoms with Crippen LogP contribution in [-0.4, -0.2) is 41.1 Å². The van der Waals surface area contributed by atoms with Crippen molar-refractivity contribution < 1.29 is 4.79 Å². The molecule has 0 aliphatic carbocycles. The molecule has 1 saturated heterocycles. The van der Waals surface area contributed by atoms with Crippen LogP contribution in [0.3, 0.4) is 0 Å². The molecular weight excluding hydrogens is 274 g/mol. The lowest BCUT2D eigenvalue weighted by Crippen LogP contribution is -2.52. The zero-order valence-electron chi connectivity index (χ0n) is 13.5. The van der Waals surface area contributed by atoms with Gasteiger partial charge in [0.1, 0.15) is 0 Å². The van der Waals surface area contributed by atoms with Gasteiger partial charge in [-0.3, -0.25) is 4.79 Å². The van der Waals surface area contributed by atoms with Crippen LogP contribution in [0.25, 0.3) is 5.69 Å². The van der Waals surface area contributed by atoms with Gasteiger partial charge in [0.25, 0.3) is 5.91 Å². The Balaban J connectivity index is 1.97. The Morgan fingerprint density at radius 2 is 1.95 bits per heavy atom. The number of carbonyl (C=O) groups excluding carboxylic acids is 1. The van der Waals surface area contributed by atoms with Crippen LogP contribution >= 0.6 is 0 Å². The maximum Gasteiger partial charge on any atom is 0.256 e. The van der Waals surface area contributed by atoms with Gasteiger partial charge in [-0.2, -0.15) is 0 Å². The van der Waals surface area contributed by atoms with Crippen molar-refractivity contribution >= 4 is 5.91 Å². The number of amides is 1. The largest absolute Gasteiger partial charge is 0.333 e. The fourth-order valence-corrected chi connectivity index (χ4v) is 3.25. The van der Waals surface area contributed by atoms with E-state index in [1.807, 2.05) is 36.1 Å². The SMILES string of the molecule is Cc1cc(C(=O)N2CCNCC2C)c(C)n1-c1ccccc1. The molecule has 116 valence electrons. The van der Waals surface area contributed by atoms with Gasteiger partial charge in [-0.05, 0) is 39.0 Å². The van der Waals surface area contributed by atoms with E-state index >= 15 is 0 Å². The second-order valence-corrected chi connectivity index (χ2v) is 6.01. The smallest absolute Gasteiger partial charge is 0.256 e. The highest BCUT2D eigenvalue weighted by Crippen LogP contribution is 2.22. The summed E-state index contributed by atoms with van der Waals surface area (Å²) in [4.78, 5) is 14.9. The van der Waals surface area contributed by atoms with Crippen LogP contribution < -0.4 is 5.32 Å². The summed E-state index contributed by atoms with van der Waals surface area (Å²) < 4.78 is 2.15. The molecule has 1 atom stereocenters. The van der Waals surface area contributed by atoms with Gasteiger partial charge in [0.2, 0.25) is 0 Å². The third kappa shape index (κ3) is 2.55. The van der Waals surface area contributed by atoms with Gasteiger partial charge in [-0.15, -0.1) is 0 Å². The molecule has 0 spiro atoms. The van der Waals surface area contributed by atoms with Crippen LogP contribution in [0.5, 0.6) is 0 Å². The van der Waals surface area contributed by atoms with Gasteiger partial charge in [0.15, 0.2) is 0 Å². The summed E-state index contributed by atoms with van der Waals surface area (Å²) in [6.45, 7) is 8.68.